The van der Waals surface area contributed by atoms with E-state index in [0.717, 1.165) is 31.1 Å². The van der Waals surface area contributed by atoms with Crippen molar-refractivity contribution in [3.05, 3.63) is 0 Å². The van der Waals surface area contributed by atoms with Gasteiger partial charge in [-0.2, -0.15) is 0 Å². The van der Waals surface area contributed by atoms with E-state index >= 15 is 0 Å². The van der Waals surface area contributed by atoms with Crippen LogP contribution in [0.25, 0.3) is 0 Å². The minimum atomic E-state index is 0.0978. The monoisotopic (exact) mass is 275 g/mol. The van der Waals surface area contributed by atoms with Gasteiger partial charge in [0.05, 0.1) is 0 Å². The molecule has 0 fully saturated rings. The van der Waals surface area contributed by atoms with Gasteiger partial charge in [-0.15, -0.1) is 0 Å². The topological polar surface area (TPSA) is 20.3 Å². The van der Waals surface area contributed by atoms with Gasteiger partial charge in [0.2, 0.25) is 0 Å². The molecular weight excluding hydrogens is 253 g/mol. The van der Waals surface area contributed by atoms with Crippen molar-refractivity contribution in [2.24, 2.45) is 0 Å². The fraction of sp³-hybridized carbons (Fsp3) is 0.750. The summed E-state index contributed by atoms with van der Waals surface area (Å²) >= 11 is 0.0978. The van der Waals surface area contributed by atoms with Gasteiger partial charge in [0.1, 0.15) is 0 Å². The van der Waals surface area contributed by atoms with E-state index in [0.29, 0.717) is 6.54 Å². The second kappa shape index (κ2) is 10.1. The van der Waals surface area contributed by atoms with Crippen LogP contribution in [0.15, 0.2) is 0 Å². The predicted octanol–water partition coefficient (Wildman–Crippen LogP) is 2.76. The number of nitrogens with zero attached hydrogens (tertiary/aromatic N) is 1. The molecular formula is C12H21NOSe. The summed E-state index contributed by atoms with van der Waals surface area (Å²) in [6, 6.07) is 0. The molecule has 0 aromatic rings. The molecule has 0 aromatic carbocycles. The first-order valence-electron chi connectivity index (χ1n) is 5.61. The standard InChI is InChI=1S/C12H21NOSe/c1-4-7-10-13(9-6-3)12(14)15-11-8-5-2/h3H,4-5,7-11H2,1-2H3. The minimum absolute atomic E-state index is 0.0978. The molecule has 0 aromatic heterocycles. The Hall–Kier alpha value is -0.451. The SMILES string of the molecule is C#CCN(CCCC)C(=O)[Se]CCCC. The third-order valence-corrected chi connectivity index (χ3v) is 4.14. The molecule has 0 aliphatic heterocycles. The third kappa shape index (κ3) is 7.48. The van der Waals surface area contributed by atoms with E-state index in [4.69, 9.17) is 6.42 Å². The maximum atomic E-state index is 11.8. The fourth-order valence-electron chi connectivity index (χ4n) is 1.09. The number of terminal acetylenes is 1. The normalized spacial score (nSPS) is 9.67. The van der Waals surface area contributed by atoms with E-state index in [2.05, 4.69) is 19.8 Å². The zero-order valence-electron chi connectivity index (χ0n) is 9.79. The third-order valence-electron chi connectivity index (χ3n) is 2.05. The first-order valence-corrected chi connectivity index (χ1v) is 7.68. The molecule has 0 unspecified atom stereocenters. The van der Waals surface area contributed by atoms with E-state index in [-0.39, 0.29) is 19.8 Å². The van der Waals surface area contributed by atoms with Gasteiger partial charge in [-0.3, -0.25) is 0 Å². The number of carbonyl (C=O) groups excluding carboxylic acids is 1. The van der Waals surface area contributed by atoms with Crippen molar-refractivity contribution in [1.29, 1.82) is 0 Å². The number of amides is 1. The van der Waals surface area contributed by atoms with Crippen LogP contribution in [0, 0.1) is 12.3 Å². The van der Waals surface area contributed by atoms with E-state index in [1.165, 1.54) is 6.42 Å². The molecule has 0 spiro atoms. The van der Waals surface area contributed by atoms with Crippen LogP contribution < -0.4 is 0 Å². The van der Waals surface area contributed by atoms with Crippen LogP contribution in [-0.2, 0) is 0 Å². The van der Waals surface area contributed by atoms with Gasteiger partial charge in [0, 0.05) is 0 Å². The Morgan fingerprint density at radius 3 is 2.53 bits per heavy atom. The molecule has 0 saturated heterocycles. The Morgan fingerprint density at radius 2 is 2.00 bits per heavy atom. The van der Waals surface area contributed by atoms with Gasteiger partial charge in [-0.25, -0.2) is 0 Å². The average Bonchev–Trinajstić information content (AvgIpc) is 2.24. The predicted molar refractivity (Wildman–Crippen MR) is 66.2 cm³/mol. The number of hydrogen-bond acceptors (Lipinski definition) is 1. The molecule has 0 aliphatic carbocycles. The van der Waals surface area contributed by atoms with Crippen LogP contribution in [0.4, 0.5) is 4.79 Å². The first kappa shape index (κ1) is 14.5. The summed E-state index contributed by atoms with van der Waals surface area (Å²) in [4.78, 5) is 13.9. The van der Waals surface area contributed by atoms with Crippen LogP contribution >= 0.6 is 0 Å². The number of hydrogen-bond donors (Lipinski definition) is 0. The second-order valence-corrected chi connectivity index (χ2v) is 5.64. The van der Waals surface area contributed by atoms with E-state index in [9.17, 15) is 4.79 Å². The van der Waals surface area contributed by atoms with Crippen molar-refractivity contribution in [2.75, 3.05) is 13.1 Å². The van der Waals surface area contributed by atoms with E-state index in [1.54, 1.807) is 0 Å². The summed E-state index contributed by atoms with van der Waals surface area (Å²) in [6.45, 7) is 5.58. The second-order valence-electron chi connectivity index (χ2n) is 3.45. The summed E-state index contributed by atoms with van der Waals surface area (Å²) in [6.07, 6.45) is 9.74. The molecule has 15 heavy (non-hydrogen) atoms. The number of rotatable bonds is 8. The van der Waals surface area contributed by atoms with E-state index < -0.39 is 0 Å². The van der Waals surface area contributed by atoms with Gasteiger partial charge in [0.25, 0.3) is 0 Å². The van der Waals surface area contributed by atoms with Crippen molar-refractivity contribution in [3.8, 4) is 12.3 Å². The molecule has 86 valence electrons. The Labute approximate surface area is 100.0 Å². The Morgan fingerprint density at radius 1 is 1.33 bits per heavy atom. The quantitative estimate of drug-likeness (QED) is 0.378. The zero-order chi connectivity index (χ0) is 11.5. The van der Waals surface area contributed by atoms with Crippen molar-refractivity contribution < 1.29 is 4.79 Å². The molecule has 0 aliphatic rings. The zero-order valence-corrected chi connectivity index (χ0v) is 11.5. The summed E-state index contributed by atoms with van der Waals surface area (Å²) in [5, 5.41) is 1.05. The van der Waals surface area contributed by atoms with Gasteiger partial charge in [-0.1, -0.05) is 0 Å². The maximum absolute atomic E-state index is 11.8. The van der Waals surface area contributed by atoms with Gasteiger partial charge in [0.15, 0.2) is 0 Å². The molecule has 0 saturated carbocycles. The molecule has 1 amide bonds. The molecule has 0 rings (SSSR count). The molecule has 0 atom stereocenters. The molecule has 3 heteroatoms. The Bertz CT molecular complexity index is 210. The number of unbranched alkanes of at least 4 members (excludes halogenated alkanes) is 2. The average molecular weight is 274 g/mol. The van der Waals surface area contributed by atoms with Gasteiger partial charge in [-0.05, 0) is 0 Å². The van der Waals surface area contributed by atoms with Crippen molar-refractivity contribution in [1.82, 2.24) is 4.90 Å². The molecule has 0 bridgehead atoms. The van der Waals surface area contributed by atoms with Gasteiger partial charge >= 0.3 is 99.7 Å². The fourth-order valence-corrected chi connectivity index (χ4v) is 3.07. The molecule has 0 radical (unpaired) electrons. The summed E-state index contributed by atoms with van der Waals surface area (Å²) in [7, 11) is 0. The molecule has 0 heterocycles. The Balaban J connectivity index is 3.88. The molecule has 2 nitrogen and oxygen atoms in total. The van der Waals surface area contributed by atoms with Crippen LogP contribution in [0.3, 0.4) is 0 Å². The van der Waals surface area contributed by atoms with E-state index in [1.807, 2.05) is 4.90 Å². The first-order chi connectivity index (χ1) is 7.26. The number of carbonyl (C=O) groups is 1. The van der Waals surface area contributed by atoms with Crippen LogP contribution in [0.2, 0.25) is 5.32 Å². The summed E-state index contributed by atoms with van der Waals surface area (Å²) < 4.78 is 0. The molecule has 0 N–H and O–H groups in total. The van der Waals surface area contributed by atoms with Crippen molar-refractivity contribution in [3.63, 3.8) is 0 Å². The van der Waals surface area contributed by atoms with Crippen molar-refractivity contribution in [2.45, 2.75) is 44.9 Å². The van der Waals surface area contributed by atoms with Crippen LogP contribution in [-0.4, -0.2) is 37.8 Å². The van der Waals surface area contributed by atoms with Crippen LogP contribution in [0.1, 0.15) is 39.5 Å². The van der Waals surface area contributed by atoms with Gasteiger partial charge < -0.3 is 0 Å². The summed E-state index contributed by atoms with van der Waals surface area (Å²) in [5.74, 6) is 2.56. The Kier molecular flexibility index (Phi) is 9.78. The van der Waals surface area contributed by atoms with Crippen molar-refractivity contribution >= 4 is 19.8 Å². The summed E-state index contributed by atoms with van der Waals surface area (Å²) in [5.41, 5.74) is 0. The van der Waals surface area contributed by atoms with Crippen LogP contribution in [0.5, 0.6) is 0 Å².